The molecule has 4 unspecified atom stereocenters. The molecule has 0 spiro atoms. The molecule has 2 aliphatic rings. The SMILES string of the molecule is NNC(CSc1ccc(Br)cc1)CC1CC2CCC1C2. The number of nitrogens with two attached hydrogens (primary N) is 1. The van der Waals surface area contributed by atoms with Gasteiger partial charge in [-0.1, -0.05) is 22.4 Å². The van der Waals surface area contributed by atoms with Crippen LogP contribution in [0.15, 0.2) is 33.6 Å². The Morgan fingerprint density at radius 3 is 2.65 bits per heavy atom. The predicted octanol–water partition coefficient (Wildman–Crippen LogP) is 4.20. The van der Waals surface area contributed by atoms with Crippen molar-refractivity contribution >= 4 is 27.7 Å². The summed E-state index contributed by atoms with van der Waals surface area (Å²) in [6.45, 7) is 0. The lowest BCUT2D eigenvalue weighted by Gasteiger charge is -2.26. The lowest BCUT2D eigenvalue weighted by atomic mass is 9.84. The van der Waals surface area contributed by atoms with Gasteiger partial charge in [0.05, 0.1) is 0 Å². The number of benzene rings is 1. The van der Waals surface area contributed by atoms with Crippen molar-refractivity contribution in [3.63, 3.8) is 0 Å². The molecule has 0 radical (unpaired) electrons. The van der Waals surface area contributed by atoms with Gasteiger partial charge in [0.15, 0.2) is 0 Å². The van der Waals surface area contributed by atoms with Crippen LogP contribution in [0.4, 0.5) is 0 Å². The first-order valence-electron chi connectivity index (χ1n) is 7.59. The average molecular weight is 355 g/mol. The van der Waals surface area contributed by atoms with Gasteiger partial charge in [-0.25, -0.2) is 0 Å². The molecule has 1 aromatic rings. The van der Waals surface area contributed by atoms with Crippen molar-refractivity contribution in [2.45, 2.75) is 43.0 Å². The van der Waals surface area contributed by atoms with E-state index >= 15 is 0 Å². The van der Waals surface area contributed by atoms with Crippen LogP contribution in [0.3, 0.4) is 0 Å². The quantitative estimate of drug-likeness (QED) is 0.456. The number of hydrogen-bond donors (Lipinski definition) is 2. The van der Waals surface area contributed by atoms with Crippen molar-refractivity contribution in [1.29, 1.82) is 0 Å². The molecule has 2 fully saturated rings. The molecule has 3 N–H and O–H groups in total. The second-order valence-electron chi connectivity index (χ2n) is 6.30. The summed E-state index contributed by atoms with van der Waals surface area (Å²) in [5.41, 5.74) is 3.04. The molecule has 0 saturated heterocycles. The Balaban J connectivity index is 1.48. The summed E-state index contributed by atoms with van der Waals surface area (Å²) in [5, 5.41) is 0. The van der Waals surface area contributed by atoms with Crippen molar-refractivity contribution in [2.24, 2.45) is 23.6 Å². The predicted molar refractivity (Wildman–Crippen MR) is 89.5 cm³/mol. The molecule has 0 aromatic heterocycles. The maximum absolute atomic E-state index is 5.77. The highest BCUT2D eigenvalue weighted by Crippen LogP contribution is 2.50. The summed E-state index contributed by atoms with van der Waals surface area (Å²) in [5.74, 6) is 9.77. The molecule has 4 heteroatoms. The zero-order valence-corrected chi connectivity index (χ0v) is 14.1. The van der Waals surface area contributed by atoms with Crippen LogP contribution in [0.1, 0.15) is 32.1 Å². The Hall–Kier alpha value is -0.0300. The van der Waals surface area contributed by atoms with Gasteiger partial charge in [-0.3, -0.25) is 11.3 Å². The number of thioether (sulfide) groups is 1. The van der Waals surface area contributed by atoms with E-state index in [0.29, 0.717) is 6.04 Å². The first-order chi connectivity index (χ1) is 9.74. The van der Waals surface area contributed by atoms with Crippen LogP contribution in [-0.2, 0) is 0 Å². The topological polar surface area (TPSA) is 38.0 Å². The fourth-order valence-corrected chi connectivity index (χ4v) is 5.16. The number of fused-ring (bicyclic) bond motifs is 2. The molecular weight excluding hydrogens is 332 g/mol. The minimum Gasteiger partial charge on any atom is -0.271 e. The van der Waals surface area contributed by atoms with Crippen molar-refractivity contribution in [1.82, 2.24) is 5.43 Å². The Kier molecular flexibility index (Phi) is 5.08. The van der Waals surface area contributed by atoms with E-state index in [1.165, 1.54) is 37.0 Å². The van der Waals surface area contributed by atoms with Crippen molar-refractivity contribution in [3.05, 3.63) is 28.7 Å². The molecular formula is C16H23BrN2S. The molecule has 0 heterocycles. The van der Waals surface area contributed by atoms with E-state index in [0.717, 1.165) is 28.0 Å². The molecule has 3 rings (SSSR count). The average Bonchev–Trinajstić information content (AvgIpc) is 3.07. The van der Waals surface area contributed by atoms with E-state index in [9.17, 15) is 0 Å². The molecule has 0 aliphatic heterocycles. The molecule has 1 aromatic carbocycles. The lowest BCUT2D eigenvalue weighted by molar-refractivity contribution is 0.287. The van der Waals surface area contributed by atoms with E-state index in [1.54, 1.807) is 0 Å². The van der Waals surface area contributed by atoms with Gasteiger partial charge >= 0.3 is 0 Å². The van der Waals surface area contributed by atoms with E-state index in [4.69, 9.17) is 5.84 Å². The molecule has 2 bridgehead atoms. The molecule has 2 nitrogen and oxygen atoms in total. The summed E-state index contributed by atoms with van der Waals surface area (Å²) in [7, 11) is 0. The normalized spacial score (nSPS) is 29.8. The van der Waals surface area contributed by atoms with E-state index < -0.39 is 0 Å². The van der Waals surface area contributed by atoms with Gasteiger partial charge in [-0.15, -0.1) is 11.8 Å². The highest BCUT2D eigenvalue weighted by molar-refractivity contribution is 9.10. The van der Waals surface area contributed by atoms with Gasteiger partial charge in [0.25, 0.3) is 0 Å². The molecule has 0 amide bonds. The monoisotopic (exact) mass is 354 g/mol. The largest absolute Gasteiger partial charge is 0.271 e. The Bertz CT molecular complexity index is 437. The number of hydrogen-bond acceptors (Lipinski definition) is 3. The maximum Gasteiger partial charge on any atom is 0.0307 e. The van der Waals surface area contributed by atoms with E-state index in [1.807, 2.05) is 11.8 Å². The van der Waals surface area contributed by atoms with E-state index in [-0.39, 0.29) is 0 Å². The highest BCUT2D eigenvalue weighted by atomic mass is 79.9. The first-order valence-corrected chi connectivity index (χ1v) is 9.37. The fourth-order valence-electron chi connectivity index (χ4n) is 3.94. The highest BCUT2D eigenvalue weighted by Gasteiger charge is 2.39. The van der Waals surface area contributed by atoms with Crippen LogP contribution in [0.2, 0.25) is 0 Å². The second-order valence-corrected chi connectivity index (χ2v) is 8.31. The summed E-state index contributed by atoms with van der Waals surface area (Å²) < 4.78 is 1.14. The van der Waals surface area contributed by atoms with Crippen LogP contribution < -0.4 is 11.3 Å². The van der Waals surface area contributed by atoms with E-state index in [2.05, 4.69) is 45.6 Å². The number of nitrogens with one attached hydrogen (secondary N) is 1. The maximum atomic E-state index is 5.77. The van der Waals surface area contributed by atoms with Crippen LogP contribution in [0.25, 0.3) is 0 Å². The molecule has 2 aliphatic carbocycles. The van der Waals surface area contributed by atoms with Crippen LogP contribution in [0.5, 0.6) is 0 Å². The van der Waals surface area contributed by atoms with Crippen LogP contribution in [-0.4, -0.2) is 11.8 Å². The Labute approximate surface area is 134 Å². The summed E-state index contributed by atoms with van der Waals surface area (Å²) in [6.07, 6.45) is 7.14. The standard InChI is InChI=1S/C16H23BrN2S/c17-14-3-5-16(6-4-14)20-10-15(19-18)9-13-8-11-1-2-12(13)7-11/h3-6,11-13,15,19H,1-2,7-10,18H2. The minimum atomic E-state index is 0.438. The van der Waals surface area contributed by atoms with Gasteiger partial charge in [0.2, 0.25) is 0 Å². The summed E-state index contributed by atoms with van der Waals surface area (Å²) in [4.78, 5) is 1.32. The van der Waals surface area contributed by atoms with Crippen molar-refractivity contribution in [3.8, 4) is 0 Å². The van der Waals surface area contributed by atoms with Gasteiger partial charge in [-0.2, -0.15) is 0 Å². The zero-order chi connectivity index (χ0) is 13.9. The number of halogens is 1. The Morgan fingerprint density at radius 1 is 1.25 bits per heavy atom. The Morgan fingerprint density at radius 2 is 2.05 bits per heavy atom. The second kappa shape index (κ2) is 6.82. The summed E-state index contributed by atoms with van der Waals surface area (Å²) in [6, 6.07) is 8.97. The zero-order valence-electron chi connectivity index (χ0n) is 11.7. The van der Waals surface area contributed by atoms with Crippen LogP contribution >= 0.6 is 27.7 Å². The minimum absolute atomic E-state index is 0.438. The molecule has 20 heavy (non-hydrogen) atoms. The summed E-state index contributed by atoms with van der Waals surface area (Å²) >= 11 is 5.38. The number of rotatable bonds is 6. The lowest BCUT2D eigenvalue weighted by Crippen LogP contribution is -2.39. The van der Waals surface area contributed by atoms with Gasteiger partial charge in [0, 0.05) is 21.2 Å². The first kappa shape index (κ1) is 14.9. The van der Waals surface area contributed by atoms with Gasteiger partial charge in [-0.05, 0) is 67.7 Å². The molecule has 4 atom stereocenters. The third-order valence-corrected chi connectivity index (χ3v) is 6.68. The third kappa shape index (κ3) is 3.59. The third-order valence-electron chi connectivity index (χ3n) is 4.97. The van der Waals surface area contributed by atoms with Crippen LogP contribution in [0, 0.1) is 17.8 Å². The van der Waals surface area contributed by atoms with Gasteiger partial charge < -0.3 is 0 Å². The smallest absolute Gasteiger partial charge is 0.0307 e. The van der Waals surface area contributed by atoms with Gasteiger partial charge in [0.1, 0.15) is 0 Å². The van der Waals surface area contributed by atoms with Crippen molar-refractivity contribution in [2.75, 3.05) is 5.75 Å². The number of hydrazine groups is 1. The fraction of sp³-hybridized carbons (Fsp3) is 0.625. The molecule has 110 valence electrons. The molecule has 2 saturated carbocycles. The van der Waals surface area contributed by atoms with Crippen molar-refractivity contribution < 1.29 is 0 Å².